The van der Waals surface area contributed by atoms with Gasteiger partial charge in [0.1, 0.15) is 0 Å². The summed E-state index contributed by atoms with van der Waals surface area (Å²) < 4.78 is 0. The molecule has 0 radical (unpaired) electrons. The van der Waals surface area contributed by atoms with Crippen LogP contribution in [0, 0.1) is 0 Å². The second-order valence-electron chi connectivity index (χ2n) is 4.04. The largest absolute Gasteiger partial charge is 0.380 e. The first-order valence-corrected chi connectivity index (χ1v) is 7.00. The molecule has 0 bridgehead atoms. The van der Waals surface area contributed by atoms with E-state index >= 15 is 0 Å². The van der Waals surface area contributed by atoms with E-state index in [4.69, 9.17) is 0 Å². The average molecular weight is 274 g/mol. The molecular formula is C18H30N2. The summed E-state index contributed by atoms with van der Waals surface area (Å²) in [4.78, 5) is 4.00. The SMILES string of the molecule is C=CC.C=CC(=C/C)/C=C(\CC)CN/C(C=NC)=C/C. The van der Waals surface area contributed by atoms with Crippen LogP contribution in [0.3, 0.4) is 0 Å². The maximum atomic E-state index is 4.00. The standard InChI is InChI=1S/C15H24N2.C3H6/c1-6-13(7-2)10-14(8-3)11-17-15(9-4)12-16-5;1-3-2/h6-7,9-10,12,17H,1,8,11H2,2-5H3;3H,1H2,2H3/b13-7-,14-10+,15-9+,16-12?;. The summed E-state index contributed by atoms with van der Waals surface area (Å²) in [7, 11) is 1.78. The number of allylic oxidation sites excluding steroid dienone is 7. The quantitative estimate of drug-likeness (QED) is 0.401. The number of hydrogen-bond acceptors (Lipinski definition) is 2. The van der Waals surface area contributed by atoms with Crippen LogP contribution >= 0.6 is 0 Å². The minimum Gasteiger partial charge on any atom is -0.380 e. The van der Waals surface area contributed by atoms with Gasteiger partial charge in [-0.3, -0.25) is 4.99 Å². The normalized spacial score (nSPS) is 12.8. The molecule has 0 amide bonds. The average Bonchev–Trinajstić information content (AvgIpc) is 2.47. The zero-order chi connectivity index (χ0) is 15.8. The van der Waals surface area contributed by atoms with Crippen LogP contribution in [0.25, 0.3) is 0 Å². The molecule has 2 heteroatoms. The van der Waals surface area contributed by atoms with Crippen molar-refractivity contribution in [2.75, 3.05) is 13.6 Å². The Kier molecular flexibility index (Phi) is 15.6. The molecule has 0 aromatic carbocycles. The Morgan fingerprint density at radius 3 is 2.10 bits per heavy atom. The molecule has 0 saturated carbocycles. The highest BCUT2D eigenvalue weighted by atomic mass is 14.9. The van der Waals surface area contributed by atoms with Crippen molar-refractivity contribution in [1.29, 1.82) is 0 Å². The lowest BCUT2D eigenvalue weighted by Crippen LogP contribution is -2.17. The minimum atomic E-state index is 0.841. The third kappa shape index (κ3) is 11.3. The van der Waals surface area contributed by atoms with Gasteiger partial charge in [0, 0.05) is 25.5 Å². The lowest BCUT2D eigenvalue weighted by atomic mass is 10.1. The van der Waals surface area contributed by atoms with Crippen molar-refractivity contribution < 1.29 is 0 Å². The van der Waals surface area contributed by atoms with Crippen molar-refractivity contribution in [2.45, 2.75) is 34.1 Å². The number of hydrogen-bond donors (Lipinski definition) is 1. The molecule has 0 aromatic rings. The topological polar surface area (TPSA) is 24.4 Å². The van der Waals surface area contributed by atoms with Crippen LogP contribution in [0.5, 0.6) is 0 Å². The molecule has 0 unspecified atom stereocenters. The minimum absolute atomic E-state index is 0.841. The lowest BCUT2D eigenvalue weighted by Gasteiger charge is -2.09. The van der Waals surface area contributed by atoms with E-state index in [2.05, 4.69) is 42.5 Å². The smallest absolute Gasteiger partial charge is 0.0480 e. The molecular weight excluding hydrogens is 244 g/mol. The fraction of sp³-hybridized carbons (Fsp3) is 0.389. The van der Waals surface area contributed by atoms with Gasteiger partial charge in [-0.1, -0.05) is 49.5 Å². The molecule has 0 fully saturated rings. The second-order valence-corrected chi connectivity index (χ2v) is 4.04. The van der Waals surface area contributed by atoms with Gasteiger partial charge in [-0.05, 0) is 32.8 Å². The van der Waals surface area contributed by atoms with Crippen LogP contribution < -0.4 is 5.32 Å². The number of nitrogens with one attached hydrogen (secondary N) is 1. The van der Waals surface area contributed by atoms with Gasteiger partial charge in [0.2, 0.25) is 0 Å². The molecule has 0 aromatic heterocycles. The molecule has 112 valence electrons. The summed E-state index contributed by atoms with van der Waals surface area (Å²) in [6, 6.07) is 0. The Morgan fingerprint density at radius 1 is 1.15 bits per heavy atom. The third-order valence-electron chi connectivity index (χ3n) is 2.49. The predicted octanol–water partition coefficient (Wildman–Crippen LogP) is 4.84. The molecule has 0 atom stereocenters. The van der Waals surface area contributed by atoms with Crippen LogP contribution in [-0.2, 0) is 0 Å². The summed E-state index contributed by atoms with van der Waals surface area (Å²) in [6.45, 7) is 16.1. The summed E-state index contributed by atoms with van der Waals surface area (Å²) in [6.07, 6.45) is 12.7. The van der Waals surface area contributed by atoms with Gasteiger partial charge in [0.05, 0.1) is 0 Å². The van der Waals surface area contributed by atoms with Gasteiger partial charge in [-0.15, -0.1) is 6.58 Å². The predicted molar refractivity (Wildman–Crippen MR) is 94.4 cm³/mol. The molecule has 0 spiro atoms. The van der Waals surface area contributed by atoms with Crippen molar-refractivity contribution in [3.05, 3.63) is 60.4 Å². The van der Waals surface area contributed by atoms with E-state index in [0.29, 0.717) is 0 Å². The Morgan fingerprint density at radius 2 is 1.75 bits per heavy atom. The highest BCUT2D eigenvalue weighted by molar-refractivity contribution is 5.77. The molecule has 0 aliphatic carbocycles. The van der Waals surface area contributed by atoms with E-state index in [1.165, 1.54) is 5.57 Å². The van der Waals surface area contributed by atoms with Gasteiger partial charge < -0.3 is 5.32 Å². The van der Waals surface area contributed by atoms with Gasteiger partial charge in [0.25, 0.3) is 0 Å². The zero-order valence-corrected chi connectivity index (χ0v) is 13.7. The first-order valence-electron chi connectivity index (χ1n) is 7.00. The Balaban J connectivity index is 0. The Labute approximate surface area is 125 Å². The zero-order valence-electron chi connectivity index (χ0n) is 13.7. The molecule has 20 heavy (non-hydrogen) atoms. The molecule has 0 aliphatic rings. The van der Waals surface area contributed by atoms with Crippen molar-refractivity contribution in [3.63, 3.8) is 0 Å². The van der Waals surface area contributed by atoms with Gasteiger partial charge in [-0.2, -0.15) is 0 Å². The summed E-state index contributed by atoms with van der Waals surface area (Å²) in [5, 5.41) is 3.36. The van der Waals surface area contributed by atoms with Crippen molar-refractivity contribution in [1.82, 2.24) is 5.32 Å². The van der Waals surface area contributed by atoms with Crippen LogP contribution in [0.1, 0.15) is 34.1 Å². The highest BCUT2D eigenvalue weighted by Crippen LogP contribution is 2.07. The van der Waals surface area contributed by atoms with E-state index in [1.54, 1.807) is 13.1 Å². The highest BCUT2D eigenvalue weighted by Gasteiger charge is 1.96. The molecule has 0 saturated heterocycles. The summed E-state index contributed by atoms with van der Waals surface area (Å²) in [5.41, 5.74) is 3.56. The van der Waals surface area contributed by atoms with E-state index in [1.807, 2.05) is 39.1 Å². The maximum absolute atomic E-state index is 4.00. The van der Waals surface area contributed by atoms with Gasteiger partial charge >= 0.3 is 0 Å². The number of rotatable bonds is 7. The number of nitrogens with zero attached hydrogens (tertiary/aromatic N) is 1. The fourth-order valence-corrected chi connectivity index (χ4v) is 1.35. The first kappa shape index (κ1) is 20.5. The molecule has 0 aliphatic heterocycles. The van der Waals surface area contributed by atoms with Crippen LogP contribution in [0.2, 0.25) is 0 Å². The van der Waals surface area contributed by atoms with Crippen molar-refractivity contribution in [3.8, 4) is 0 Å². The van der Waals surface area contributed by atoms with Crippen LogP contribution in [0.4, 0.5) is 0 Å². The summed E-state index contributed by atoms with van der Waals surface area (Å²) >= 11 is 0. The van der Waals surface area contributed by atoms with Crippen LogP contribution in [-0.4, -0.2) is 19.8 Å². The maximum Gasteiger partial charge on any atom is 0.0480 e. The second kappa shape index (κ2) is 15.2. The molecule has 1 N–H and O–H groups in total. The van der Waals surface area contributed by atoms with Gasteiger partial charge in [0.15, 0.2) is 0 Å². The number of aliphatic imine (C=N–C) groups is 1. The molecule has 2 nitrogen and oxygen atoms in total. The monoisotopic (exact) mass is 274 g/mol. The Bertz CT molecular complexity index is 382. The van der Waals surface area contributed by atoms with Crippen LogP contribution in [0.15, 0.2) is 65.4 Å². The Hall–Kier alpha value is -1.83. The molecule has 0 heterocycles. The third-order valence-corrected chi connectivity index (χ3v) is 2.49. The van der Waals surface area contributed by atoms with Crippen molar-refractivity contribution in [2.24, 2.45) is 4.99 Å². The summed E-state index contributed by atoms with van der Waals surface area (Å²) in [5.74, 6) is 0. The van der Waals surface area contributed by atoms with E-state index < -0.39 is 0 Å². The van der Waals surface area contributed by atoms with Gasteiger partial charge in [-0.25, -0.2) is 0 Å². The van der Waals surface area contributed by atoms with E-state index in [9.17, 15) is 0 Å². The van der Waals surface area contributed by atoms with E-state index in [0.717, 1.165) is 24.2 Å². The first-order chi connectivity index (χ1) is 9.62. The lowest BCUT2D eigenvalue weighted by molar-refractivity contribution is 0.866. The molecule has 0 rings (SSSR count). The van der Waals surface area contributed by atoms with Crippen molar-refractivity contribution >= 4 is 6.21 Å². The van der Waals surface area contributed by atoms with E-state index in [-0.39, 0.29) is 0 Å². The fourth-order valence-electron chi connectivity index (χ4n) is 1.35.